The molecule has 20 heavy (non-hydrogen) atoms. The summed E-state index contributed by atoms with van der Waals surface area (Å²) < 4.78 is 0. The average molecular weight is 297 g/mol. The lowest BCUT2D eigenvalue weighted by atomic mass is 10.1. The standard InChI is InChI=1S/C13H23N5OS/c1-10(18-7-5-17(2)6-8-18)3-4-15-12(19)11-9-20-13(14)16-11/h9-10H,3-8H2,1-2H3,(H2,14,16)(H,15,19)/t10-/m1/s1. The molecule has 6 nitrogen and oxygen atoms in total. The van der Waals surface area contributed by atoms with Gasteiger partial charge in [-0.25, -0.2) is 4.98 Å². The fraction of sp³-hybridized carbons (Fsp3) is 0.692. The van der Waals surface area contributed by atoms with Gasteiger partial charge >= 0.3 is 0 Å². The Kier molecular flexibility index (Phi) is 5.33. The number of carbonyl (C=O) groups excluding carboxylic acids is 1. The van der Waals surface area contributed by atoms with Crippen molar-refractivity contribution in [2.45, 2.75) is 19.4 Å². The summed E-state index contributed by atoms with van der Waals surface area (Å²) >= 11 is 1.29. The van der Waals surface area contributed by atoms with E-state index in [4.69, 9.17) is 5.73 Å². The molecule has 0 aliphatic carbocycles. The van der Waals surface area contributed by atoms with Crippen LogP contribution in [0.15, 0.2) is 5.38 Å². The number of nitrogens with two attached hydrogens (primary N) is 1. The van der Waals surface area contributed by atoms with E-state index in [1.807, 2.05) is 0 Å². The van der Waals surface area contributed by atoms with Gasteiger partial charge in [0.15, 0.2) is 5.13 Å². The molecule has 112 valence electrons. The summed E-state index contributed by atoms with van der Waals surface area (Å²) in [5.74, 6) is -0.136. The highest BCUT2D eigenvalue weighted by Gasteiger charge is 2.19. The van der Waals surface area contributed by atoms with Crippen LogP contribution in [-0.4, -0.2) is 66.5 Å². The zero-order chi connectivity index (χ0) is 14.5. The van der Waals surface area contributed by atoms with Gasteiger partial charge < -0.3 is 16.0 Å². The molecule has 0 bridgehead atoms. The van der Waals surface area contributed by atoms with Crippen molar-refractivity contribution >= 4 is 22.4 Å². The van der Waals surface area contributed by atoms with Crippen molar-refractivity contribution < 1.29 is 4.79 Å². The van der Waals surface area contributed by atoms with Crippen LogP contribution in [0.2, 0.25) is 0 Å². The highest BCUT2D eigenvalue weighted by Crippen LogP contribution is 2.11. The molecule has 1 aliphatic heterocycles. The molecule has 0 radical (unpaired) electrons. The third-order valence-electron chi connectivity index (χ3n) is 3.76. The number of thiazole rings is 1. The van der Waals surface area contributed by atoms with Gasteiger partial charge in [-0.1, -0.05) is 0 Å². The highest BCUT2D eigenvalue weighted by molar-refractivity contribution is 7.13. The zero-order valence-electron chi connectivity index (χ0n) is 12.1. The SMILES string of the molecule is C[C@H](CCNC(=O)c1csc(N)n1)N1CCN(C)CC1. The first-order chi connectivity index (χ1) is 9.56. The molecule has 7 heteroatoms. The lowest BCUT2D eigenvalue weighted by molar-refractivity contribution is 0.0931. The van der Waals surface area contributed by atoms with E-state index >= 15 is 0 Å². The Morgan fingerprint density at radius 1 is 1.50 bits per heavy atom. The molecular formula is C13H23N5OS. The largest absolute Gasteiger partial charge is 0.375 e. The van der Waals surface area contributed by atoms with Crippen molar-refractivity contribution in [3.63, 3.8) is 0 Å². The van der Waals surface area contributed by atoms with Crippen LogP contribution in [0, 0.1) is 0 Å². The summed E-state index contributed by atoms with van der Waals surface area (Å²) in [6, 6.07) is 0.490. The highest BCUT2D eigenvalue weighted by atomic mass is 32.1. The smallest absolute Gasteiger partial charge is 0.270 e. The van der Waals surface area contributed by atoms with E-state index < -0.39 is 0 Å². The van der Waals surface area contributed by atoms with E-state index in [0.29, 0.717) is 23.4 Å². The third-order valence-corrected chi connectivity index (χ3v) is 4.44. The number of piperazine rings is 1. The molecular weight excluding hydrogens is 274 g/mol. The van der Waals surface area contributed by atoms with Gasteiger partial charge in [0.1, 0.15) is 5.69 Å². The predicted molar refractivity (Wildman–Crippen MR) is 82.0 cm³/mol. The lowest BCUT2D eigenvalue weighted by Crippen LogP contribution is -2.48. The maximum Gasteiger partial charge on any atom is 0.270 e. The minimum Gasteiger partial charge on any atom is -0.375 e. The van der Waals surface area contributed by atoms with Crippen molar-refractivity contribution in [2.24, 2.45) is 0 Å². The van der Waals surface area contributed by atoms with Gasteiger partial charge in [-0.15, -0.1) is 11.3 Å². The van der Waals surface area contributed by atoms with Gasteiger partial charge in [-0.2, -0.15) is 0 Å². The van der Waals surface area contributed by atoms with Gasteiger partial charge in [0, 0.05) is 44.1 Å². The quantitative estimate of drug-likeness (QED) is 0.827. The van der Waals surface area contributed by atoms with Gasteiger partial charge in [0.05, 0.1) is 0 Å². The fourth-order valence-electron chi connectivity index (χ4n) is 2.32. The van der Waals surface area contributed by atoms with Crippen molar-refractivity contribution in [1.29, 1.82) is 0 Å². The van der Waals surface area contributed by atoms with E-state index in [1.165, 1.54) is 11.3 Å². The minimum atomic E-state index is -0.136. The van der Waals surface area contributed by atoms with Crippen LogP contribution in [-0.2, 0) is 0 Å². The van der Waals surface area contributed by atoms with E-state index in [9.17, 15) is 4.79 Å². The summed E-state index contributed by atoms with van der Waals surface area (Å²) in [5.41, 5.74) is 5.94. The normalized spacial score (nSPS) is 18.9. The number of hydrogen-bond acceptors (Lipinski definition) is 6. The Balaban J connectivity index is 1.69. The maximum absolute atomic E-state index is 11.8. The van der Waals surface area contributed by atoms with Crippen LogP contribution >= 0.6 is 11.3 Å². The van der Waals surface area contributed by atoms with Crippen LogP contribution in [0.4, 0.5) is 5.13 Å². The Hall–Kier alpha value is -1.18. The summed E-state index contributed by atoms with van der Waals surface area (Å²) in [6.45, 7) is 7.34. The first-order valence-corrected chi connectivity index (χ1v) is 7.86. The van der Waals surface area contributed by atoms with Crippen LogP contribution in [0.1, 0.15) is 23.8 Å². The molecule has 0 spiro atoms. The Bertz CT molecular complexity index is 442. The number of nitrogens with zero attached hydrogens (tertiary/aromatic N) is 3. The number of carbonyl (C=O) groups is 1. The second-order valence-corrected chi connectivity index (χ2v) is 6.19. The number of nitrogens with one attached hydrogen (secondary N) is 1. The molecule has 1 fully saturated rings. The van der Waals surface area contributed by atoms with Crippen molar-refractivity contribution in [3.8, 4) is 0 Å². The second kappa shape index (κ2) is 7.01. The summed E-state index contributed by atoms with van der Waals surface area (Å²) in [4.78, 5) is 20.6. The number of aromatic nitrogens is 1. The Labute approximate surface area is 124 Å². The molecule has 0 saturated carbocycles. The Morgan fingerprint density at radius 2 is 2.20 bits per heavy atom. The molecule has 0 unspecified atom stereocenters. The van der Waals surface area contributed by atoms with Crippen molar-refractivity contribution in [3.05, 3.63) is 11.1 Å². The van der Waals surface area contributed by atoms with E-state index in [1.54, 1.807) is 5.38 Å². The molecule has 1 saturated heterocycles. The Morgan fingerprint density at radius 3 is 2.80 bits per heavy atom. The number of likely N-dealkylation sites (N-methyl/N-ethyl adjacent to an activating group) is 1. The molecule has 1 aliphatic rings. The average Bonchev–Trinajstić information content (AvgIpc) is 2.86. The topological polar surface area (TPSA) is 74.5 Å². The molecule has 3 N–H and O–H groups in total. The second-order valence-electron chi connectivity index (χ2n) is 5.30. The first kappa shape index (κ1) is 15.2. The number of rotatable bonds is 5. The number of nitrogen functional groups attached to an aromatic ring is 1. The molecule has 0 aromatic carbocycles. The number of hydrogen-bond donors (Lipinski definition) is 2. The fourth-order valence-corrected chi connectivity index (χ4v) is 2.87. The first-order valence-electron chi connectivity index (χ1n) is 6.98. The zero-order valence-corrected chi connectivity index (χ0v) is 12.9. The molecule has 1 atom stereocenters. The van der Waals surface area contributed by atoms with E-state index in [-0.39, 0.29) is 5.91 Å². The van der Waals surface area contributed by atoms with Crippen LogP contribution in [0.5, 0.6) is 0 Å². The predicted octanol–water partition coefficient (Wildman–Crippen LogP) is 0.481. The van der Waals surface area contributed by atoms with Gasteiger partial charge in [-0.3, -0.25) is 9.69 Å². The number of amides is 1. The molecule has 2 heterocycles. The molecule has 1 aromatic heterocycles. The summed E-state index contributed by atoms with van der Waals surface area (Å²) in [5, 5.41) is 5.02. The third kappa shape index (κ3) is 4.16. The summed E-state index contributed by atoms with van der Waals surface area (Å²) in [6.07, 6.45) is 0.953. The molecule has 1 aromatic rings. The van der Waals surface area contributed by atoms with Crippen molar-refractivity contribution in [2.75, 3.05) is 45.5 Å². The van der Waals surface area contributed by atoms with Crippen LogP contribution < -0.4 is 11.1 Å². The maximum atomic E-state index is 11.8. The van der Waals surface area contributed by atoms with E-state index in [0.717, 1.165) is 32.6 Å². The number of anilines is 1. The van der Waals surface area contributed by atoms with Gasteiger partial charge in [0.2, 0.25) is 0 Å². The van der Waals surface area contributed by atoms with Gasteiger partial charge in [0.25, 0.3) is 5.91 Å². The lowest BCUT2D eigenvalue weighted by Gasteiger charge is -2.36. The van der Waals surface area contributed by atoms with Gasteiger partial charge in [-0.05, 0) is 20.4 Å². The summed E-state index contributed by atoms with van der Waals surface area (Å²) in [7, 11) is 2.15. The van der Waals surface area contributed by atoms with Crippen LogP contribution in [0.3, 0.4) is 0 Å². The van der Waals surface area contributed by atoms with Crippen molar-refractivity contribution in [1.82, 2.24) is 20.1 Å². The minimum absolute atomic E-state index is 0.136. The molecule has 1 amide bonds. The monoisotopic (exact) mass is 297 g/mol. The van der Waals surface area contributed by atoms with E-state index in [2.05, 4.69) is 34.1 Å². The molecule has 2 rings (SSSR count). The van der Waals surface area contributed by atoms with Crippen LogP contribution in [0.25, 0.3) is 0 Å².